The molecule has 3 aromatic carbocycles. The third-order valence-corrected chi connectivity index (χ3v) is 5.02. The first-order valence-corrected chi connectivity index (χ1v) is 10.6. The first-order chi connectivity index (χ1) is 15.7. The Morgan fingerprint density at radius 1 is 0.970 bits per heavy atom. The predicted octanol–water partition coefficient (Wildman–Crippen LogP) is 5.16. The number of nitrogens with zero attached hydrogens (tertiary/aromatic N) is 2. The zero-order chi connectivity index (χ0) is 23.8. The van der Waals surface area contributed by atoms with Crippen LogP contribution in [0, 0.1) is 10.1 Å². The lowest BCUT2D eigenvalue weighted by atomic mass is 9.86. The number of nitro benzene ring substituents is 1. The van der Waals surface area contributed by atoms with Gasteiger partial charge in [0.2, 0.25) is 5.91 Å². The molecular formula is C26H27N3O4. The van der Waals surface area contributed by atoms with Gasteiger partial charge in [-0.2, -0.15) is 5.10 Å². The van der Waals surface area contributed by atoms with Crippen molar-refractivity contribution in [2.45, 2.75) is 39.2 Å². The maximum Gasteiger partial charge on any atom is 0.269 e. The standard InChI is InChI=1S/C26H27N3O4/c1-26(2,3)22-10-4-19(5-11-22)16-25(30)28-27-17-20-8-14-24(15-9-20)33-18-21-6-12-23(13-7-21)29(31)32/h4-15,17H,16,18H2,1-3H3,(H,28,30)/b27-17-. The molecule has 7 heteroatoms. The van der Waals surface area contributed by atoms with E-state index in [0.717, 1.165) is 16.7 Å². The van der Waals surface area contributed by atoms with E-state index in [1.54, 1.807) is 30.5 Å². The second-order valence-electron chi connectivity index (χ2n) is 8.70. The van der Waals surface area contributed by atoms with Gasteiger partial charge in [-0.1, -0.05) is 45.0 Å². The average Bonchev–Trinajstić information content (AvgIpc) is 2.78. The van der Waals surface area contributed by atoms with Gasteiger partial charge in [0.15, 0.2) is 0 Å². The second-order valence-corrected chi connectivity index (χ2v) is 8.70. The molecule has 3 rings (SSSR count). The van der Waals surface area contributed by atoms with Crippen molar-refractivity contribution >= 4 is 17.8 Å². The van der Waals surface area contributed by atoms with Crippen molar-refractivity contribution in [2.75, 3.05) is 0 Å². The van der Waals surface area contributed by atoms with Crippen molar-refractivity contribution in [1.82, 2.24) is 5.43 Å². The van der Waals surface area contributed by atoms with Crippen LogP contribution in [0.15, 0.2) is 77.9 Å². The molecule has 0 aliphatic heterocycles. The summed E-state index contributed by atoms with van der Waals surface area (Å²) in [5.74, 6) is 0.478. The molecule has 7 nitrogen and oxygen atoms in total. The highest BCUT2D eigenvalue weighted by molar-refractivity contribution is 5.83. The van der Waals surface area contributed by atoms with Crippen molar-refractivity contribution in [1.29, 1.82) is 0 Å². The Morgan fingerprint density at radius 2 is 1.58 bits per heavy atom. The van der Waals surface area contributed by atoms with E-state index in [2.05, 4.69) is 43.4 Å². The molecule has 0 spiro atoms. The van der Waals surface area contributed by atoms with Gasteiger partial charge in [0.25, 0.3) is 5.69 Å². The van der Waals surface area contributed by atoms with E-state index >= 15 is 0 Å². The molecule has 0 saturated carbocycles. The summed E-state index contributed by atoms with van der Waals surface area (Å²) in [6.45, 7) is 6.77. The van der Waals surface area contributed by atoms with Gasteiger partial charge in [-0.15, -0.1) is 0 Å². The van der Waals surface area contributed by atoms with Gasteiger partial charge in [0.1, 0.15) is 12.4 Å². The maximum absolute atomic E-state index is 12.1. The lowest BCUT2D eigenvalue weighted by Gasteiger charge is -2.19. The molecule has 0 aromatic heterocycles. The normalized spacial score (nSPS) is 11.4. The third kappa shape index (κ3) is 7.28. The summed E-state index contributed by atoms with van der Waals surface area (Å²) in [7, 11) is 0. The number of benzene rings is 3. The molecule has 1 N–H and O–H groups in total. The minimum absolute atomic E-state index is 0.0490. The topological polar surface area (TPSA) is 93.8 Å². The molecule has 33 heavy (non-hydrogen) atoms. The van der Waals surface area contributed by atoms with Crippen LogP contribution in [0.25, 0.3) is 0 Å². The number of nitrogens with one attached hydrogen (secondary N) is 1. The zero-order valence-corrected chi connectivity index (χ0v) is 18.9. The number of nitro groups is 1. The van der Waals surface area contributed by atoms with Gasteiger partial charge in [-0.3, -0.25) is 14.9 Å². The van der Waals surface area contributed by atoms with Crippen LogP contribution in [0.4, 0.5) is 5.69 Å². The Morgan fingerprint density at radius 3 is 2.15 bits per heavy atom. The van der Waals surface area contributed by atoms with E-state index in [4.69, 9.17) is 4.74 Å². The van der Waals surface area contributed by atoms with Gasteiger partial charge >= 0.3 is 0 Å². The van der Waals surface area contributed by atoms with Crippen molar-refractivity contribution in [2.24, 2.45) is 5.10 Å². The van der Waals surface area contributed by atoms with Crippen LogP contribution in [0.3, 0.4) is 0 Å². The van der Waals surface area contributed by atoms with Gasteiger partial charge in [0, 0.05) is 12.1 Å². The van der Waals surface area contributed by atoms with Crippen molar-refractivity contribution < 1.29 is 14.5 Å². The number of amides is 1. The molecule has 0 atom stereocenters. The fourth-order valence-corrected chi connectivity index (χ4v) is 3.06. The molecule has 170 valence electrons. The van der Waals surface area contributed by atoms with Crippen LogP contribution >= 0.6 is 0 Å². The fourth-order valence-electron chi connectivity index (χ4n) is 3.06. The van der Waals surface area contributed by atoms with Crippen LogP contribution in [0.1, 0.15) is 43.0 Å². The van der Waals surface area contributed by atoms with Gasteiger partial charge in [0.05, 0.1) is 17.6 Å². The zero-order valence-electron chi connectivity index (χ0n) is 18.9. The maximum atomic E-state index is 12.1. The Labute approximate surface area is 193 Å². The Balaban J connectivity index is 1.45. The van der Waals surface area contributed by atoms with E-state index < -0.39 is 4.92 Å². The molecule has 0 aliphatic carbocycles. The van der Waals surface area contributed by atoms with Crippen LogP contribution in [-0.4, -0.2) is 17.0 Å². The van der Waals surface area contributed by atoms with Crippen molar-refractivity contribution in [3.63, 3.8) is 0 Å². The average molecular weight is 446 g/mol. The highest BCUT2D eigenvalue weighted by Gasteiger charge is 2.13. The lowest BCUT2D eigenvalue weighted by molar-refractivity contribution is -0.384. The second kappa shape index (κ2) is 10.5. The van der Waals surface area contributed by atoms with Crippen molar-refractivity contribution in [3.05, 3.63) is 105 Å². The largest absolute Gasteiger partial charge is 0.489 e. The van der Waals surface area contributed by atoms with Crippen molar-refractivity contribution in [3.8, 4) is 5.75 Å². The van der Waals surface area contributed by atoms with E-state index in [1.165, 1.54) is 17.7 Å². The molecule has 0 heterocycles. The van der Waals surface area contributed by atoms with Gasteiger partial charge < -0.3 is 4.74 Å². The number of carbonyl (C=O) groups excluding carboxylic acids is 1. The smallest absolute Gasteiger partial charge is 0.269 e. The monoisotopic (exact) mass is 445 g/mol. The first-order valence-electron chi connectivity index (χ1n) is 10.6. The number of hydrazone groups is 1. The minimum atomic E-state index is -0.433. The summed E-state index contributed by atoms with van der Waals surface area (Å²) in [5.41, 5.74) is 6.49. The number of hydrogen-bond donors (Lipinski definition) is 1. The number of hydrogen-bond acceptors (Lipinski definition) is 5. The molecular weight excluding hydrogens is 418 g/mol. The number of ether oxygens (including phenoxy) is 1. The van der Waals surface area contributed by atoms with E-state index in [0.29, 0.717) is 12.4 Å². The molecule has 1 amide bonds. The Hall–Kier alpha value is -4.00. The highest BCUT2D eigenvalue weighted by Crippen LogP contribution is 2.22. The quantitative estimate of drug-likeness (QED) is 0.294. The summed E-state index contributed by atoms with van der Waals surface area (Å²) in [6, 6.07) is 21.5. The van der Waals surface area contributed by atoms with Crippen LogP contribution in [0.2, 0.25) is 0 Å². The van der Waals surface area contributed by atoms with Crippen LogP contribution in [0.5, 0.6) is 5.75 Å². The molecule has 0 fully saturated rings. The summed E-state index contributed by atoms with van der Waals surface area (Å²) in [6.07, 6.45) is 1.83. The van der Waals surface area contributed by atoms with E-state index in [1.807, 2.05) is 24.3 Å². The molecule has 0 saturated heterocycles. The molecule has 0 unspecified atom stereocenters. The minimum Gasteiger partial charge on any atom is -0.489 e. The molecule has 3 aromatic rings. The van der Waals surface area contributed by atoms with E-state index in [9.17, 15) is 14.9 Å². The summed E-state index contributed by atoms with van der Waals surface area (Å²) < 4.78 is 5.70. The fraction of sp³-hybridized carbons (Fsp3) is 0.231. The highest BCUT2D eigenvalue weighted by atomic mass is 16.6. The number of carbonyl (C=O) groups is 1. The predicted molar refractivity (Wildman–Crippen MR) is 128 cm³/mol. The number of rotatable bonds is 8. The van der Waals surface area contributed by atoms with Crippen LogP contribution in [-0.2, 0) is 23.2 Å². The third-order valence-electron chi connectivity index (χ3n) is 5.02. The Kier molecular flexibility index (Phi) is 7.56. The molecule has 0 radical (unpaired) electrons. The Bertz CT molecular complexity index is 1110. The van der Waals surface area contributed by atoms with Gasteiger partial charge in [-0.05, 0) is 64.1 Å². The molecule has 0 aliphatic rings. The summed E-state index contributed by atoms with van der Waals surface area (Å²) >= 11 is 0. The first kappa shape index (κ1) is 23.7. The van der Waals surface area contributed by atoms with Gasteiger partial charge in [-0.25, -0.2) is 5.43 Å². The lowest BCUT2D eigenvalue weighted by Crippen LogP contribution is -2.20. The number of non-ortho nitro benzene ring substituents is 1. The molecule has 0 bridgehead atoms. The van der Waals surface area contributed by atoms with Crippen LogP contribution < -0.4 is 10.2 Å². The summed E-state index contributed by atoms with van der Waals surface area (Å²) in [4.78, 5) is 22.4. The SMILES string of the molecule is CC(C)(C)c1ccc(CC(=O)N/N=C\c2ccc(OCc3ccc([N+](=O)[O-])cc3)cc2)cc1. The summed E-state index contributed by atoms with van der Waals surface area (Å²) in [5, 5.41) is 14.7. The van der Waals surface area contributed by atoms with E-state index in [-0.39, 0.29) is 23.4 Å².